The zero-order valence-corrected chi connectivity index (χ0v) is 12.8. The second-order valence-corrected chi connectivity index (χ2v) is 4.48. The normalized spacial score (nSPS) is 10.2. The van der Waals surface area contributed by atoms with Crippen LogP contribution >= 0.6 is 0 Å². The lowest BCUT2D eigenvalue weighted by Crippen LogP contribution is -2.48. The van der Waals surface area contributed by atoms with Crippen molar-refractivity contribution in [2.75, 3.05) is 18.9 Å². The lowest BCUT2D eigenvalue weighted by atomic mass is 10.1. The Balaban J connectivity index is 2.97. The van der Waals surface area contributed by atoms with Crippen molar-refractivity contribution < 1.29 is 23.9 Å². The van der Waals surface area contributed by atoms with Gasteiger partial charge in [0.1, 0.15) is 0 Å². The number of amides is 1. The fourth-order valence-electron chi connectivity index (χ4n) is 1.76. The van der Waals surface area contributed by atoms with Gasteiger partial charge in [0.25, 0.3) is 5.91 Å². The molecule has 0 radical (unpaired) electrons. The van der Waals surface area contributed by atoms with Crippen molar-refractivity contribution in [1.29, 1.82) is 0 Å². The fourth-order valence-corrected chi connectivity index (χ4v) is 1.76. The van der Waals surface area contributed by atoms with E-state index >= 15 is 0 Å². The highest BCUT2D eigenvalue weighted by molar-refractivity contribution is 6.06. The maximum Gasteiger partial charge on any atom is 0.340 e. The van der Waals surface area contributed by atoms with E-state index in [1.165, 1.54) is 6.07 Å². The molecular formula is C15H20N2O5. The minimum absolute atomic E-state index is 0.0852. The average Bonchev–Trinajstić information content (AvgIpc) is 2.47. The number of ether oxygens (including phenoxy) is 2. The molecule has 3 N–H and O–H groups in total. The zero-order chi connectivity index (χ0) is 16.7. The average molecular weight is 308 g/mol. The number of nitrogens with one attached hydrogen (secondary N) is 1. The Kier molecular flexibility index (Phi) is 6.37. The molecule has 0 aliphatic heterocycles. The summed E-state index contributed by atoms with van der Waals surface area (Å²) in [5.41, 5.74) is 6.99. The van der Waals surface area contributed by atoms with Gasteiger partial charge in [0.2, 0.25) is 6.04 Å². The molecular weight excluding hydrogens is 288 g/mol. The standard InChI is InChI=1S/C15H20N2O5/c1-4-21-14(19)12(15(20)22-5-2)17-13(18)11-8-10(16)7-6-9(11)3/h6-8,12H,4-5,16H2,1-3H3,(H,17,18). The third-order valence-corrected chi connectivity index (χ3v) is 2.83. The molecule has 120 valence electrons. The molecule has 0 aliphatic rings. The summed E-state index contributed by atoms with van der Waals surface area (Å²) < 4.78 is 9.57. The Morgan fingerprint density at radius 1 is 1.14 bits per heavy atom. The van der Waals surface area contributed by atoms with Gasteiger partial charge in [0, 0.05) is 11.3 Å². The molecule has 0 aromatic heterocycles. The lowest BCUT2D eigenvalue weighted by molar-refractivity contribution is -0.157. The molecule has 1 amide bonds. The molecule has 0 fully saturated rings. The number of benzene rings is 1. The van der Waals surface area contributed by atoms with Crippen molar-refractivity contribution in [3.63, 3.8) is 0 Å². The van der Waals surface area contributed by atoms with Crippen molar-refractivity contribution in [2.24, 2.45) is 0 Å². The van der Waals surface area contributed by atoms with E-state index in [9.17, 15) is 14.4 Å². The minimum atomic E-state index is -1.51. The number of hydrogen-bond donors (Lipinski definition) is 2. The molecule has 0 saturated heterocycles. The quantitative estimate of drug-likeness (QED) is 0.457. The number of aryl methyl sites for hydroxylation is 1. The highest BCUT2D eigenvalue weighted by Crippen LogP contribution is 2.13. The summed E-state index contributed by atoms with van der Waals surface area (Å²) in [6, 6.07) is 3.29. The van der Waals surface area contributed by atoms with E-state index in [2.05, 4.69) is 5.32 Å². The van der Waals surface area contributed by atoms with Crippen LogP contribution in [0.5, 0.6) is 0 Å². The molecule has 22 heavy (non-hydrogen) atoms. The van der Waals surface area contributed by atoms with Crippen molar-refractivity contribution in [3.8, 4) is 0 Å². The molecule has 1 aromatic carbocycles. The van der Waals surface area contributed by atoms with E-state index in [0.29, 0.717) is 11.3 Å². The summed E-state index contributed by atoms with van der Waals surface area (Å²) in [6.07, 6.45) is 0. The van der Waals surface area contributed by atoms with Crippen molar-refractivity contribution in [2.45, 2.75) is 26.8 Å². The molecule has 1 rings (SSSR count). The van der Waals surface area contributed by atoms with Crippen LogP contribution in [0.4, 0.5) is 5.69 Å². The van der Waals surface area contributed by atoms with Gasteiger partial charge in [-0.25, -0.2) is 9.59 Å². The van der Waals surface area contributed by atoms with Gasteiger partial charge in [0.15, 0.2) is 0 Å². The SMILES string of the molecule is CCOC(=O)C(NC(=O)c1cc(N)ccc1C)C(=O)OCC. The monoisotopic (exact) mass is 308 g/mol. The number of esters is 2. The number of anilines is 1. The third-order valence-electron chi connectivity index (χ3n) is 2.83. The van der Waals surface area contributed by atoms with Crippen molar-refractivity contribution in [1.82, 2.24) is 5.32 Å². The van der Waals surface area contributed by atoms with Crippen LogP contribution in [-0.2, 0) is 19.1 Å². The maximum atomic E-state index is 12.3. The molecule has 0 aliphatic carbocycles. The number of hydrogen-bond acceptors (Lipinski definition) is 6. The van der Waals surface area contributed by atoms with Gasteiger partial charge in [0.05, 0.1) is 13.2 Å². The Morgan fingerprint density at radius 3 is 2.18 bits per heavy atom. The summed E-state index contributed by atoms with van der Waals surface area (Å²) >= 11 is 0. The number of rotatable bonds is 6. The van der Waals surface area contributed by atoms with E-state index in [-0.39, 0.29) is 18.8 Å². The van der Waals surface area contributed by atoms with E-state index in [4.69, 9.17) is 15.2 Å². The zero-order valence-electron chi connectivity index (χ0n) is 12.8. The van der Waals surface area contributed by atoms with Gasteiger partial charge in [-0.15, -0.1) is 0 Å². The second kappa shape index (κ2) is 8.02. The minimum Gasteiger partial charge on any atom is -0.464 e. The molecule has 0 atom stereocenters. The Morgan fingerprint density at radius 2 is 1.68 bits per heavy atom. The topological polar surface area (TPSA) is 108 Å². The predicted molar refractivity (Wildman–Crippen MR) is 80.1 cm³/mol. The smallest absolute Gasteiger partial charge is 0.340 e. The van der Waals surface area contributed by atoms with Crippen LogP contribution in [-0.4, -0.2) is 37.1 Å². The molecule has 7 nitrogen and oxygen atoms in total. The first-order valence-corrected chi connectivity index (χ1v) is 6.90. The van der Waals surface area contributed by atoms with Crippen LogP contribution in [0, 0.1) is 6.92 Å². The van der Waals surface area contributed by atoms with Crippen molar-refractivity contribution >= 4 is 23.5 Å². The summed E-state index contributed by atoms with van der Waals surface area (Å²) in [4.78, 5) is 35.9. The first kappa shape index (κ1) is 17.5. The second-order valence-electron chi connectivity index (χ2n) is 4.48. The highest BCUT2D eigenvalue weighted by atomic mass is 16.6. The maximum absolute atomic E-state index is 12.3. The predicted octanol–water partition coefficient (Wildman–Crippen LogP) is 0.802. The van der Waals surface area contributed by atoms with Crippen LogP contribution in [0.15, 0.2) is 18.2 Å². The molecule has 7 heteroatoms. The molecule has 0 spiro atoms. The molecule has 0 heterocycles. The Labute approximate surface area is 128 Å². The number of nitrogens with two attached hydrogens (primary N) is 1. The fraction of sp³-hybridized carbons (Fsp3) is 0.400. The Hall–Kier alpha value is -2.57. The van der Waals surface area contributed by atoms with Crippen molar-refractivity contribution in [3.05, 3.63) is 29.3 Å². The number of carbonyl (C=O) groups excluding carboxylic acids is 3. The summed E-state index contributed by atoms with van der Waals surface area (Å²) in [5.74, 6) is -2.33. The van der Waals surface area contributed by atoms with Gasteiger partial charge < -0.3 is 20.5 Å². The molecule has 1 aromatic rings. The molecule has 0 bridgehead atoms. The van der Waals surface area contributed by atoms with E-state index in [0.717, 1.165) is 0 Å². The Bertz CT molecular complexity index is 553. The van der Waals surface area contributed by atoms with Crippen LogP contribution in [0.3, 0.4) is 0 Å². The molecule has 0 saturated carbocycles. The number of carbonyl (C=O) groups is 3. The van der Waals surface area contributed by atoms with Gasteiger partial charge in [-0.1, -0.05) is 6.07 Å². The molecule has 0 unspecified atom stereocenters. The van der Waals surface area contributed by atoms with Gasteiger partial charge in [-0.05, 0) is 38.5 Å². The van der Waals surface area contributed by atoms with Crippen LogP contribution < -0.4 is 11.1 Å². The summed E-state index contributed by atoms with van der Waals surface area (Å²) in [7, 11) is 0. The largest absolute Gasteiger partial charge is 0.464 e. The van der Waals surface area contributed by atoms with E-state index < -0.39 is 23.9 Å². The van der Waals surface area contributed by atoms with Gasteiger partial charge >= 0.3 is 11.9 Å². The first-order valence-electron chi connectivity index (χ1n) is 6.90. The van der Waals surface area contributed by atoms with Gasteiger partial charge in [-0.3, -0.25) is 4.79 Å². The van der Waals surface area contributed by atoms with Crippen LogP contribution in [0.2, 0.25) is 0 Å². The van der Waals surface area contributed by atoms with E-state index in [1.54, 1.807) is 32.9 Å². The summed E-state index contributed by atoms with van der Waals surface area (Å²) in [6.45, 7) is 5.09. The number of nitrogen functional groups attached to an aromatic ring is 1. The van der Waals surface area contributed by atoms with Crippen LogP contribution in [0.25, 0.3) is 0 Å². The lowest BCUT2D eigenvalue weighted by Gasteiger charge is -2.16. The van der Waals surface area contributed by atoms with Gasteiger partial charge in [-0.2, -0.15) is 0 Å². The van der Waals surface area contributed by atoms with Crippen LogP contribution in [0.1, 0.15) is 29.8 Å². The highest BCUT2D eigenvalue weighted by Gasteiger charge is 2.31. The first-order chi connectivity index (χ1) is 10.4. The third kappa shape index (κ3) is 4.47. The summed E-state index contributed by atoms with van der Waals surface area (Å²) in [5, 5.41) is 2.33. The van der Waals surface area contributed by atoms with E-state index in [1.807, 2.05) is 0 Å².